The van der Waals surface area contributed by atoms with E-state index in [0.29, 0.717) is 11.1 Å². The molecule has 0 fully saturated rings. The van der Waals surface area contributed by atoms with Gasteiger partial charge in [-0.05, 0) is 97.3 Å². The number of benzene rings is 7. The van der Waals surface area contributed by atoms with E-state index in [2.05, 4.69) is 97.0 Å². The number of carbonyl (C=O) groups excluding carboxylic acids is 2. The molecule has 0 spiro atoms. The minimum atomic E-state index is -0.267. The minimum Gasteiger partial charge on any atom is -0.457 e. The Morgan fingerprint density at radius 1 is 0.542 bits per heavy atom. The van der Waals surface area contributed by atoms with Crippen molar-refractivity contribution in [2.75, 3.05) is 4.90 Å². The van der Waals surface area contributed by atoms with Gasteiger partial charge in [0.05, 0.1) is 5.69 Å². The fourth-order valence-corrected chi connectivity index (χ4v) is 7.67. The summed E-state index contributed by atoms with van der Waals surface area (Å²) in [6.07, 6.45) is 0. The molecule has 238 valence electrons. The fourth-order valence-electron chi connectivity index (χ4n) is 7.67. The van der Waals surface area contributed by atoms with Gasteiger partial charge in [-0.15, -0.1) is 0 Å². The van der Waals surface area contributed by atoms with Gasteiger partial charge < -0.3 is 4.74 Å². The zero-order chi connectivity index (χ0) is 33.6. The first-order valence-electron chi connectivity index (χ1n) is 16.9. The molecule has 8 rings (SSSR count). The normalized spacial score (nSPS) is 13.7. The maximum Gasteiger partial charge on any atom is 0.266 e. The average Bonchev–Trinajstić information content (AvgIpc) is 3.06. The van der Waals surface area contributed by atoms with Gasteiger partial charge in [0.25, 0.3) is 11.8 Å². The SMILES string of the molecule is CC(C)c1cccc(C(C)C)c1N1C(=O)c2ccc3c4cccc5c(Oc6ccc(C(C)(C)C)cc6)ccc(c6ccc(c2c36)C1=O)c54. The van der Waals surface area contributed by atoms with Crippen molar-refractivity contribution in [2.45, 2.75) is 65.7 Å². The van der Waals surface area contributed by atoms with Crippen LogP contribution in [0.5, 0.6) is 11.5 Å². The van der Waals surface area contributed by atoms with Gasteiger partial charge in [-0.25, -0.2) is 4.90 Å². The zero-order valence-electron chi connectivity index (χ0n) is 28.6. The molecular formula is C44H39NO3. The van der Waals surface area contributed by atoms with Gasteiger partial charge in [-0.1, -0.05) is 109 Å². The molecule has 0 saturated carbocycles. The van der Waals surface area contributed by atoms with Gasteiger partial charge in [0.2, 0.25) is 0 Å². The van der Waals surface area contributed by atoms with E-state index in [9.17, 15) is 9.59 Å². The van der Waals surface area contributed by atoms with Crippen molar-refractivity contribution in [3.8, 4) is 11.5 Å². The van der Waals surface area contributed by atoms with Gasteiger partial charge in [0.15, 0.2) is 0 Å². The third-order valence-corrected chi connectivity index (χ3v) is 10.1. The summed E-state index contributed by atoms with van der Waals surface area (Å²) in [5.74, 6) is 1.33. The molecule has 0 unspecified atom stereocenters. The number of hydrogen-bond donors (Lipinski definition) is 0. The molecule has 0 radical (unpaired) electrons. The molecule has 0 N–H and O–H groups in total. The van der Waals surface area contributed by atoms with Crippen molar-refractivity contribution in [3.63, 3.8) is 0 Å². The Balaban J connectivity index is 1.32. The zero-order valence-corrected chi connectivity index (χ0v) is 28.6. The molecule has 7 aromatic carbocycles. The molecule has 0 aliphatic carbocycles. The lowest BCUT2D eigenvalue weighted by Gasteiger charge is -2.32. The third-order valence-electron chi connectivity index (χ3n) is 10.1. The second kappa shape index (κ2) is 10.6. The van der Waals surface area contributed by atoms with Crippen LogP contribution in [0, 0.1) is 0 Å². The topological polar surface area (TPSA) is 46.6 Å². The van der Waals surface area contributed by atoms with Crippen LogP contribution >= 0.6 is 0 Å². The molecule has 4 heteroatoms. The molecule has 1 aliphatic rings. The highest BCUT2D eigenvalue weighted by molar-refractivity contribution is 6.42. The Morgan fingerprint density at radius 3 is 1.60 bits per heavy atom. The Morgan fingerprint density at radius 2 is 1.04 bits per heavy atom. The van der Waals surface area contributed by atoms with E-state index in [1.165, 1.54) is 10.5 Å². The molecule has 1 heterocycles. The molecule has 7 aromatic rings. The van der Waals surface area contributed by atoms with Gasteiger partial charge >= 0.3 is 0 Å². The van der Waals surface area contributed by atoms with Crippen LogP contribution in [0.15, 0.2) is 97.1 Å². The van der Waals surface area contributed by atoms with Crippen LogP contribution in [-0.4, -0.2) is 11.8 Å². The molecule has 2 amide bonds. The highest BCUT2D eigenvalue weighted by Crippen LogP contribution is 2.47. The Bertz CT molecular complexity index is 2350. The number of rotatable bonds is 5. The van der Waals surface area contributed by atoms with Crippen molar-refractivity contribution in [3.05, 3.63) is 125 Å². The van der Waals surface area contributed by atoms with E-state index in [-0.39, 0.29) is 29.1 Å². The highest BCUT2D eigenvalue weighted by Gasteiger charge is 2.38. The predicted molar refractivity (Wildman–Crippen MR) is 199 cm³/mol. The van der Waals surface area contributed by atoms with Crippen molar-refractivity contribution in [1.29, 1.82) is 0 Å². The summed E-state index contributed by atoms with van der Waals surface area (Å²) < 4.78 is 6.50. The first-order chi connectivity index (χ1) is 23.0. The number of para-hydroxylation sites is 1. The first kappa shape index (κ1) is 30.1. The predicted octanol–water partition coefficient (Wildman–Crippen LogP) is 11.9. The van der Waals surface area contributed by atoms with Crippen LogP contribution in [0.3, 0.4) is 0 Å². The lowest BCUT2D eigenvalue weighted by atomic mass is 9.84. The Labute approximate surface area is 281 Å². The largest absolute Gasteiger partial charge is 0.457 e. The lowest BCUT2D eigenvalue weighted by Crippen LogP contribution is -2.41. The van der Waals surface area contributed by atoms with Crippen LogP contribution in [0.4, 0.5) is 5.69 Å². The van der Waals surface area contributed by atoms with Gasteiger partial charge in [0.1, 0.15) is 11.5 Å². The second-order valence-corrected chi connectivity index (χ2v) is 14.8. The number of hydrogen-bond acceptors (Lipinski definition) is 3. The molecule has 1 aliphatic heterocycles. The summed E-state index contributed by atoms with van der Waals surface area (Å²) >= 11 is 0. The molecule has 0 bridgehead atoms. The molecule has 0 saturated heterocycles. The summed E-state index contributed by atoms with van der Waals surface area (Å²) in [5, 5.41) is 8.02. The number of anilines is 1. The van der Waals surface area contributed by atoms with Gasteiger partial charge in [-0.3, -0.25) is 9.59 Å². The average molecular weight is 630 g/mol. The van der Waals surface area contributed by atoms with Crippen LogP contribution in [0.2, 0.25) is 0 Å². The number of imide groups is 1. The molecule has 0 atom stereocenters. The summed E-state index contributed by atoms with van der Waals surface area (Å²) in [7, 11) is 0. The van der Waals surface area contributed by atoms with E-state index in [0.717, 1.165) is 71.4 Å². The molecule has 4 nitrogen and oxygen atoms in total. The molecule has 48 heavy (non-hydrogen) atoms. The van der Waals surface area contributed by atoms with E-state index < -0.39 is 0 Å². The Kier molecular flexibility index (Phi) is 6.68. The summed E-state index contributed by atoms with van der Waals surface area (Å²) in [6.45, 7) is 15.1. The third kappa shape index (κ3) is 4.35. The summed E-state index contributed by atoms with van der Waals surface area (Å²) in [4.78, 5) is 30.5. The monoisotopic (exact) mass is 629 g/mol. The number of fused-ring (bicyclic) bond motifs is 2. The van der Waals surface area contributed by atoms with Crippen LogP contribution < -0.4 is 9.64 Å². The molecular weight excluding hydrogens is 590 g/mol. The standard InChI is InChI=1S/C44H39NO3/c1-24(2)28-10-8-11-29(25(3)4)41(28)45-42(46)35-20-18-32-30-12-9-13-34-37(48-27-16-14-26(15-17-27)44(5,6)7)23-22-31(38(30)34)33-19-21-36(43(45)47)40(35)39(32)33/h8-25H,1-7H3. The highest BCUT2D eigenvalue weighted by atomic mass is 16.5. The number of carbonyl (C=O) groups is 2. The Hall–Kier alpha value is -5.22. The maximum absolute atomic E-state index is 14.5. The summed E-state index contributed by atoms with van der Waals surface area (Å²) in [5.41, 5.74) is 5.18. The fraction of sp³-hybridized carbons (Fsp3) is 0.227. The lowest BCUT2D eigenvalue weighted by molar-refractivity contribution is 0.0893. The van der Waals surface area contributed by atoms with Gasteiger partial charge in [0, 0.05) is 27.3 Å². The van der Waals surface area contributed by atoms with E-state index >= 15 is 0 Å². The van der Waals surface area contributed by atoms with Crippen LogP contribution in [0.1, 0.15) is 97.7 Å². The van der Waals surface area contributed by atoms with Crippen molar-refractivity contribution in [2.24, 2.45) is 0 Å². The van der Waals surface area contributed by atoms with E-state index in [4.69, 9.17) is 4.74 Å². The van der Waals surface area contributed by atoms with Crippen LogP contribution in [0.25, 0.3) is 43.1 Å². The van der Waals surface area contributed by atoms with E-state index in [1.54, 1.807) is 0 Å². The second-order valence-electron chi connectivity index (χ2n) is 14.8. The van der Waals surface area contributed by atoms with Crippen molar-refractivity contribution >= 4 is 60.6 Å². The molecule has 0 aromatic heterocycles. The van der Waals surface area contributed by atoms with Crippen molar-refractivity contribution < 1.29 is 14.3 Å². The summed E-state index contributed by atoms with van der Waals surface area (Å²) in [6, 6.07) is 32.9. The number of amides is 2. The maximum atomic E-state index is 14.5. The minimum absolute atomic E-state index is 0.0660. The van der Waals surface area contributed by atoms with E-state index in [1.807, 2.05) is 48.5 Å². The quantitative estimate of drug-likeness (QED) is 0.108. The van der Waals surface area contributed by atoms with Gasteiger partial charge in [-0.2, -0.15) is 0 Å². The smallest absolute Gasteiger partial charge is 0.266 e. The number of nitrogens with zero attached hydrogens (tertiary/aromatic N) is 1. The number of ether oxygens (including phenoxy) is 1. The van der Waals surface area contributed by atoms with Crippen molar-refractivity contribution in [1.82, 2.24) is 0 Å². The van der Waals surface area contributed by atoms with Crippen LogP contribution in [-0.2, 0) is 5.41 Å². The first-order valence-corrected chi connectivity index (χ1v) is 16.9.